The molecule has 1 aliphatic heterocycles. The second-order valence-corrected chi connectivity index (χ2v) is 6.12. The number of halogens is 3. The molecule has 8 heteroatoms. The van der Waals surface area contributed by atoms with E-state index in [1.165, 1.54) is 25.1 Å². The molecule has 0 radical (unpaired) electrons. The Labute approximate surface area is 147 Å². The molecular weight excluding hydrogens is 365 g/mol. The highest BCUT2D eigenvalue weighted by atomic mass is 35.5. The predicted molar refractivity (Wildman–Crippen MR) is 88.8 cm³/mol. The minimum Gasteiger partial charge on any atom is -0.481 e. The smallest absolute Gasteiger partial charge is 0.334 e. The topological polar surface area (TPSA) is 87.0 Å². The number of allylic oxidation sites excluding steroid dienone is 1. The van der Waals surface area contributed by atoms with Crippen molar-refractivity contribution in [1.82, 2.24) is 0 Å². The SMILES string of the molecule is CC1=NC(CCl)=C(C(=O)O)C(c2ccc(Cl)cc2Cl)C1C(=O)O. The zero-order valence-electron chi connectivity index (χ0n) is 11.9. The number of rotatable bonds is 4. The van der Waals surface area contributed by atoms with Gasteiger partial charge in [-0.25, -0.2) is 4.79 Å². The number of aliphatic carboxylic acids is 2. The van der Waals surface area contributed by atoms with Crippen LogP contribution in [0.15, 0.2) is 34.5 Å². The van der Waals surface area contributed by atoms with Crippen molar-refractivity contribution in [3.8, 4) is 0 Å². The number of hydrogen-bond acceptors (Lipinski definition) is 3. The summed E-state index contributed by atoms with van der Waals surface area (Å²) in [6.45, 7) is 1.53. The summed E-state index contributed by atoms with van der Waals surface area (Å²) in [5.74, 6) is -4.76. The molecule has 23 heavy (non-hydrogen) atoms. The number of benzene rings is 1. The molecule has 0 aliphatic carbocycles. The minimum absolute atomic E-state index is 0.130. The Morgan fingerprint density at radius 1 is 1.26 bits per heavy atom. The summed E-state index contributed by atoms with van der Waals surface area (Å²) in [6, 6.07) is 4.50. The number of carbonyl (C=O) groups is 2. The number of carboxylic acids is 2. The summed E-state index contributed by atoms with van der Waals surface area (Å²) >= 11 is 17.8. The van der Waals surface area contributed by atoms with Crippen LogP contribution < -0.4 is 0 Å². The molecule has 0 saturated heterocycles. The van der Waals surface area contributed by atoms with Gasteiger partial charge in [0, 0.05) is 21.7 Å². The maximum atomic E-state index is 11.7. The molecule has 0 saturated carbocycles. The van der Waals surface area contributed by atoms with Crippen LogP contribution in [0.1, 0.15) is 18.4 Å². The number of hydrogen-bond donors (Lipinski definition) is 2. The zero-order valence-corrected chi connectivity index (χ0v) is 14.2. The van der Waals surface area contributed by atoms with E-state index in [1.54, 1.807) is 0 Å². The number of carboxylic acid groups (broad SMARTS) is 2. The molecule has 0 fully saturated rings. The second-order valence-electron chi connectivity index (χ2n) is 5.01. The van der Waals surface area contributed by atoms with Crippen molar-refractivity contribution in [2.24, 2.45) is 10.9 Å². The molecule has 0 amide bonds. The molecule has 2 atom stereocenters. The third-order valence-electron chi connectivity index (χ3n) is 3.64. The number of aliphatic imine (C=N–C) groups is 1. The third kappa shape index (κ3) is 3.37. The molecule has 1 aliphatic rings. The van der Waals surface area contributed by atoms with E-state index in [-0.39, 0.29) is 27.9 Å². The van der Waals surface area contributed by atoms with Crippen molar-refractivity contribution in [3.05, 3.63) is 45.1 Å². The Morgan fingerprint density at radius 3 is 2.39 bits per heavy atom. The zero-order chi connectivity index (χ0) is 17.3. The lowest BCUT2D eigenvalue weighted by Gasteiger charge is -2.30. The lowest BCUT2D eigenvalue weighted by atomic mass is 9.75. The lowest BCUT2D eigenvalue weighted by Crippen LogP contribution is -2.35. The van der Waals surface area contributed by atoms with Crippen molar-refractivity contribution in [2.75, 3.05) is 5.88 Å². The second kappa shape index (κ2) is 6.91. The summed E-state index contributed by atoms with van der Waals surface area (Å²) in [4.78, 5) is 27.5. The number of nitrogens with zero attached hydrogens (tertiary/aromatic N) is 1. The van der Waals surface area contributed by atoms with Crippen LogP contribution in [0.25, 0.3) is 0 Å². The van der Waals surface area contributed by atoms with Gasteiger partial charge in [0.05, 0.1) is 17.2 Å². The minimum atomic E-state index is -1.28. The summed E-state index contributed by atoms with van der Waals surface area (Å²) in [5.41, 5.74) is 0.597. The van der Waals surface area contributed by atoms with Gasteiger partial charge in [0.1, 0.15) is 5.92 Å². The fraction of sp³-hybridized carbons (Fsp3) is 0.267. The highest BCUT2D eigenvalue weighted by Gasteiger charge is 2.42. The van der Waals surface area contributed by atoms with Gasteiger partial charge in [-0.05, 0) is 24.6 Å². The molecule has 2 N–H and O–H groups in total. The Kier molecular flexibility index (Phi) is 5.34. The van der Waals surface area contributed by atoms with Gasteiger partial charge < -0.3 is 10.2 Å². The van der Waals surface area contributed by atoms with E-state index in [2.05, 4.69) is 4.99 Å². The largest absolute Gasteiger partial charge is 0.481 e. The average Bonchev–Trinajstić information content (AvgIpc) is 2.45. The van der Waals surface area contributed by atoms with Crippen LogP contribution in [0.4, 0.5) is 0 Å². The van der Waals surface area contributed by atoms with Crippen LogP contribution in [0.5, 0.6) is 0 Å². The van der Waals surface area contributed by atoms with Crippen molar-refractivity contribution >= 4 is 52.5 Å². The summed E-state index contributed by atoms with van der Waals surface area (Å²) < 4.78 is 0. The van der Waals surface area contributed by atoms with E-state index >= 15 is 0 Å². The Hall–Kier alpha value is -1.56. The molecule has 0 aromatic heterocycles. The molecule has 122 valence electrons. The molecule has 2 unspecified atom stereocenters. The van der Waals surface area contributed by atoms with Crippen LogP contribution >= 0.6 is 34.8 Å². The molecule has 0 spiro atoms. The van der Waals surface area contributed by atoms with Gasteiger partial charge in [-0.2, -0.15) is 0 Å². The van der Waals surface area contributed by atoms with E-state index in [0.29, 0.717) is 10.6 Å². The first-order valence-corrected chi connectivity index (χ1v) is 7.82. The van der Waals surface area contributed by atoms with E-state index in [4.69, 9.17) is 34.8 Å². The van der Waals surface area contributed by atoms with E-state index in [0.717, 1.165) is 0 Å². The highest BCUT2D eigenvalue weighted by molar-refractivity contribution is 6.35. The van der Waals surface area contributed by atoms with Crippen LogP contribution in [0.2, 0.25) is 10.0 Å². The summed E-state index contributed by atoms with van der Waals surface area (Å²) in [7, 11) is 0. The van der Waals surface area contributed by atoms with Crippen molar-refractivity contribution in [2.45, 2.75) is 12.8 Å². The maximum absolute atomic E-state index is 11.7. The van der Waals surface area contributed by atoms with Gasteiger partial charge >= 0.3 is 11.9 Å². The van der Waals surface area contributed by atoms with E-state index in [9.17, 15) is 19.8 Å². The molecular formula is C15H12Cl3NO4. The fourth-order valence-electron chi connectivity index (χ4n) is 2.70. The standard InChI is InChI=1S/C15H12Cl3NO4/c1-6-11(14(20)21)12(8-3-2-7(17)4-9(8)18)13(15(22)23)10(5-16)19-6/h2-4,11-12H,5H2,1H3,(H,20,21)(H,22,23). The molecule has 1 heterocycles. The van der Waals surface area contributed by atoms with Crippen LogP contribution in [0.3, 0.4) is 0 Å². The maximum Gasteiger partial charge on any atom is 0.334 e. The van der Waals surface area contributed by atoms with Crippen molar-refractivity contribution < 1.29 is 19.8 Å². The average molecular weight is 377 g/mol. The molecule has 0 bridgehead atoms. The van der Waals surface area contributed by atoms with Gasteiger partial charge in [-0.1, -0.05) is 29.3 Å². The van der Waals surface area contributed by atoms with Gasteiger partial charge in [0.2, 0.25) is 0 Å². The van der Waals surface area contributed by atoms with Crippen LogP contribution in [-0.2, 0) is 9.59 Å². The molecule has 1 aromatic rings. The third-order valence-corrected chi connectivity index (χ3v) is 4.45. The van der Waals surface area contributed by atoms with Crippen LogP contribution in [-0.4, -0.2) is 33.7 Å². The molecule has 1 aromatic carbocycles. The Bertz CT molecular complexity index is 742. The Balaban J connectivity index is 2.75. The number of alkyl halides is 1. The summed E-state index contributed by atoms with van der Waals surface area (Å²) in [6.07, 6.45) is 0. The summed E-state index contributed by atoms with van der Waals surface area (Å²) in [5, 5.41) is 19.7. The van der Waals surface area contributed by atoms with E-state index < -0.39 is 23.8 Å². The van der Waals surface area contributed by atoms with Gasteiger partial charge in [0.15, 0.2) is 0 Å². The van der Waals surface area contributed by atoms with Gasteiger partial charge in [-0.3, -0.25) is 9.79 Å². The quantitative estimate of drug-likeness (QED) is 0.782. The Morgan fingerprint density at radius 2 is 1.91 bits per heavy atom. The highest BCUT2D eigenvalue weighted by Crippen LogP contribution is 2.42. The van der Waals surface area contributed by atoms with Crippen molar-refractivity contribution in [1.29, 1.82) is 0 Å². The van der Waals surface area contributed by atoms with E-state index in [1.807, 2.05) is 0 Å². The van der Waals surface area contributed by atoms with Crippen LogP contribution in [0, 0.1) is 5.92 Å². The normalized spacial score (nSPS) is 21.1. The first-order chi connectivity index (χ1) is 10.8. The molecule has 5 nitrogen and oxygen atoms in total. The predicted octanol–water partition coefficient (Wildman–Crippen LogP) is 3.83. The lowest BCUT2D eigenvalue weighted by molar-refractivity contribution is -0.140. The monoisotopic (exact) mass is 375 g/mol. The van der Waals surface area contributed by atoms with Gasteiger partial charge in [0.25, 0.3) is 0 Å². The molecule has 2 rings (SSSR count). The van der Waals surface area contributed by atoms with Crippen molar-refractivity contribution in [3.63, 3.8) is 0 Å². The first-order valence-electron chi connectivity index (χ1n) is 6.53. The fourth-order valence-corrected chi connectivity index (χ4v) is 3.43. The first kappa shape index (κ1) is 17.8. The van der Waals surface area contributed by atoms with Gasteiger partial charge in [-0.15, -0.1) is 11.6 Å².